The molecule has 1 unspecified atom stereocenters. The summed E-state index contributed by atoms with van der Waals surface area (Å²) in [6, 6.07) is -1.21. The van der Waals surface area contributed by atoms with Crippen molar-refractivity contribution >= 4 is 11.9 Å². The number of urea groups is 1. The Morgan fingerprint density at radius 3 is 2.26 bits per heavy atom. The van der Waals surface area contributed by atoms with Crippen LogP contribution in [0.25, 0.3) is 0 Å². The Labute approximate surface area is 140 Å². The summed E-state index contributed by atoms with van der Waals surface area (Å²) in [5.74, 6) is -0.179. The lowest BCUT2D eigenvalue weighted by Gasteiger charge is -2.16. The lowest BCUT2D eigenvalue weighted by Crippen LogP contribution is -2.48. The second kappa shape index (κ2) is 15.6. The van der Waals surface area contributed by atoms with Gasteiger partial charge >= 0.3 is 6.03 Å². The Balaban J connectivity index is 3.51. The van der Waals surface area contributed by atoms with E-state index in [2.05, 4.69) is 17.6 Å². The van der Waals surface area contributed by atoms with E-state index in [9.17, 15) is 9.59 Å². The van der Waals surface area contributed by atoms with E-state index in [-0.39, 0.29) is 5.91 Å². The highest BCUT2D eigenvalue weighted by Gasteiger charge is 2.17. The zero-order valence-electron chi connectivity index (χ0n) is 14.9. The maximum Gasteiger partial charge on any atom is 0.312 e. The van der Waals surface area contributed by atoms with Crippen molar-refractivity contribution in [2.45, 2.75) is 77.7 Å². The van der Waals surface area contributed by atoms with E-state index in [1.54, 1.807) is 0 Å². The third kappa shape index (κ3) is 14.0. The average molecular weight is 329 g/mol. The molecule has 0 fully saturated rings. The molecule has 0 saturated carbocycles. The molecule has 23 heavy (non-hydrogen) atoms. The maximum atomic E-state index is 11.9. The SMILES string of the molecule is CCCCCCCCOCCCNC(=O)C(CCC)NC(N)=O. The molecule has 6 nitrogen and oxygen atoms in total. The van der Waals surface area contributed by atoms with Crippen LogP contribution in [0.3, 0.4) is 0 Å². The second-order valence-corrected chi connectivity index (χ2v) is 5.87. The van der Waals surface area contributed by atoms with Crippen molar-refractivity contribution in [3.63, 3.8) is 0 Å². The molecule has 0 bridgehead atoms. The van der Waals surface area contributed by atoms with Crippen LogP contribution in [0.4, 0.5) is 4.79 Å². The largest absolute Gasteiger partial charge is 0.381 e. The summed E-state index contributed by atoms with van der Waals surface area (Å²) in [6.45, 7) is 6.17. The molecule has 3 amide bonds. The number of amides is 3. The topological polar surface area (TPSA) is 93.4 Å². The minimum absolute atomic E-state index is 0.179. The number of hydrogen-bond acceptors (Lipinski definition) is 3. The number of primary amides is 1. The molecule has 136 valence electrons. The number of hydrogen-bond donors (Lipinski definition) is 3. The van der Waals surface area contributed by atoms with Crippen LogP contribution in [-0.2, 0) is 9.53 Å². The van der Waals surface area contributed by atoms with E-state index >= 15 is 0 Å². The molecule has 0 aromatic rings. The van der Waals surface area contributed by atoms with Crippen molar-refractivity contribution < 1.29 is 14.3 Å². The lowest BCUT2D eigenvalue weighted by molar-refractivity contribution is -0.123. The predicted molar refractivity (Wildman–Crippen MR) is 93.2 cm³/mol. The third-order valence-electron chi connectivity index (χ3n) is 3.62. The molecule has 0 aliphatic heterocycles. The fraction of sp³-hybridized carbons (Fsp3) is 0.882. The number of ether oxygens (including phenoxy) is 1. The van der Waals surface area contributed by atoms with Crippen molar-refractivity contribution in [2.75, 3.05) is 19.8 Å². The normalized spacial score (nSPS) is 11.9. The van der Waals surface area contributed by atoms with Gasteiger partial charge in [-0.15, -0.1) is 0 Å². The van der Waals surface area contributed by atoms with Crippen LogP contribution in [-0.4, -0.2) is 37.7 Å². The van der Waals surface area contributed by atoms with Gasteiger partial charge in [-0.25, -0.2) is 4.79 Å². The molecule has 0 radical (unpaired) electrons. The van der Waals surface area contributed by atoms with Crippen molar-refractivity contribution in [1.29, 1.82) is 0 Å². The Morgan fingerprint density at radius 1 is 0.957 bits per heavy atom. The summed E-state index contributed by atoms with van der Waals surface area (Å²) in [4.78, 5) is 22.8. The first-order valence-corrected chi connectivity index (χ1v) is 9.03. The van der Waals surface area contributed by atoms with Gasteiger partial charge < -0.3 is 21.1 Å². The first kappa shape index (κ1) is 21.7. The van der Waals surface area contributed by atoms with E-state index in [1.807, 2.05) is 6.92 Å². The highest BCUT2D eigenvalue weighted by Crippen LogP contribution is 2.04. The van der Waals surface area contributed by atoms with Crippen LogP contribution in [0.1, 0.15) is 71.6 Å². The average Bonchev–Trinajstić information content (AvgIpc) is 2.51. The summed E-state index contributed by atoms with van der Waals surface area (Å²) in [5, 5.41) is 5.27. The highest BCUT2D eigenvalue weighted by molar-refractivity contribution is 5.86. The molecule has 0 heterocycles. The summed E-state index contributed by atoms with van der Waals surface area (Å²) in [6.07, 6.45) is 9.71. The van der Waals surface area contributed by atoms with E-state index in [0.717, 1.165) is 25.9 Å². The molecular weight excluding hydrogens is 294 g/mol. The number of rotatable bonds is 15. The highest BCUT2D eigenvalue weighted by atomic mass is 16.5. The molecule has 4 N–H and O–H groups in total. The minimum atomic E-state index is -0.666. The quantitative estimate of drug-likeness (QED) is 0.403. The van der Waals surface area contributed by atoms with E-state index < -0.39 is 12.1 Å². The third-order valence-corrected chi connectivity index (χ3v) is 3.62. The van der Waals surface area contributed by atoms with Gasteiger partial charge in [-0.3, -0.25) is 4.79 Å². The molecule has 0 spiro atoms. The minimum Gasteiger partial charge on any atom is -0.381 e. The fourth-order valence-electron chi connectivity index (χ4n) is 2.32. The summed E-state index contributed by atoms with van der Waals surface area (Å²) in [5.41, 5.74) is 5.07. The Morgan fingerprint density at radius 2 is 1.61 bits per heavy atom. The summed E-state index contributed by atoms with van der Waals surface area (Å²) >= 11 is 0. The molecule has 0 aliphatic carbocycles. The zero-order chi connectivity index (χ0) is 17.3. The molecule has 0 saturated heterocycles. The Hall–Kier alpha value is -1.30. The van der Waals surface area contributed by atoms with E-state index in [4.69, 9.17) is 10.5 Å². The molecule has 0 aliphatic rings. The van der Waals surface area contributed by atoms with Crippen LogP contribution >= 0.6 is 0 Å². The van der Waals surface area contributed by atoms with Gasteiger partial charge in [0, 0.05) is 19.8 Å². The number of nitrogens with one attached hydrogen (secondary N) is 2. The molecule has 0 aromatic heterocycles. The lowest BCUT2D eigenvalue weighted by atomic mass is 10.1. The molecule has 6 heteroatoms. The monoisotopic (exact) mass is 329 g/mol. The molecule has 0 rings (SSSR count). The molecule has 1 atom stereocenters. The number of carbonyl (C=O) groups is 2. The van der Waals surface area contributed by atoms with Gasteiger partial charge in [0.2, 0.25) is 5.91 Å². The van der Waals surface area contributed by atoms with E-state index in [1.165, 1.54) is 32.1 Å². The molecular formula is C17H35N3O3. The summed E-state index contributed by atoms with van der Waals surface area (Å²) in [7, 11) is 0. The van der Waals surface area contributed by atoms with Gasteiger partial charge in [0.1, 0.15) is 6.04 Å². The van der Waals surface area contributed by atoms with Gasteiger partial charge in [0.05, 0.1) is 0 Å². The standard InChI is InChI=1S/C17H35N3O3/c1-3-5-6-7-8-9-13-23-14-10-12-19-16(21)15(11-4-2)20-17(18)22/h15H,3-14H2,1-2H3,(H,19,21)(H3,18,20,22). The van der Waals surface area contributed by atoms with Crippen molar-refractivity contribution in [3.8, 4) is 0 Å². The van der Waals surface area contributed by atoms with Gasteiger partial charge in [-0.05, 0) is 19.3 Å². The van der Waals surface area contributed by atoms with Crippen LogP contribution in [0.5, 0.6) is 0 Å². The number of carbonyl (C=O) groups excluding carboxylic acids is 2. The first-order chi connectivity index (χ1) is 11.1. The van der Waals surface area contributed by atoms with Gasteiger partial charge in [-0.1, -0.05) is 52.4 Å². The van der Waals surface area contributed by atoms with Crippen molar-refractivity contribution in [1.82, 2.24) is 10.6 Å². The van der Waals surface area contributed by atoms with Crippen LogP contribution in [0.15, 0.2) is 0 Å². The Kier molecular flexibility index (Phi) is 14.7. The predicted octanol–water partition coefficient (Wildman–Crippen LogP) is 2.71. The smallest absolute Gasteiger partial charge is 0.312 e. The van der Waals surface area contributed by atoms with Gasteiger partial charge in [-0.2, -0.15) is 0 Å². The second-order valence-electron chi connectivity index (χ2n) is 5.87. The van der Waals surface area contributed by atoms with Crippen LogP contribution in [0.2, 0.25) is 0 Å². The Bertz CT molecular complexity index is 311. The van der Waals surface area contributed by atoms with Gasteiger partial charge in [0.15, 0.2) is 0 Å². The zero-order valence-corrected chi connectivity index (χ0v) is 14.9. The number of nitrogens with two attached hydrogens (primary N) is 1. The molecule has 0 aromatic carbocycles. The van der Waals surface area contributed by atoms with Crippen LogP contribution in [0, 0.1) is 0 Å². The number of unbranched alkanes of at least 4 members (excludes halogenated alkanes) is 5. The fourth-order valence-corrected chi connectivity index (χ4v) is 2.32. The van der Waals surface area contributed by atoms with Gasteiger partial charge in [0.25, 0.3) is 0 Å². The van der Waals surface area contributed by atoms with E-state index in [0.29, 0.717) is 19.6 Å². The van der Waals surface area contributed by atoms with Crippen molar-refractivity contribution in [2.24, 2.45) is 5.73 Å². The first-order valence-electron chi connectivity index (χ1n) is 9.03. The maximum absolute atomic E-state index is 11.9. The van der Waals surface area contributed by atoms with Crippen molar-refractivity contribution in [3.05, 3.63) is 0 Å². The van der Waals surface area contributed by atoms with Crippen LogP contribution < -0.4 is 16.4 Å². The summed E-state index contributed by atoms with van der Waals surface area (Å²) < 4.78 is 5.55.